The number of anilines is 3. The molecule has 0 fully saturated rings. The molecule has 328 valence electrons. The number of hydrogen-bond donors (Lipinski definition) is 0. The molecule has 0 spiro atoms. The second-order valence-corrected chi connectivity index (χ2v) is 19.5. The Labute approximate surface area is 411 Å². The van der Waals surface area contributed by atoms with Crippen LogP contribution in [0, 0.1) is 0 Å². The summed E-state index contributed by atoms with van der Waals surface area (Å²) in [5, 5.41) is 5.12. The maximum Gasteiger partial charge on any atom is 0.0714 e. The van der Waals surface area contributed by atoms with Crippen LogP contribution in [0.3, 0.4) is 0 Å². The van der Waals surface area contributed by atoms with E-state index >= 15 is 0 Å². The Balaban J connectivity index is 0.921. The molecule has 2 nitrogen and oxygen atoms in total. The van der Waals surface area contributed by atoms with E-state index in [2.05, 4.69) is 276 Å². The van der Waals surface area contributed by atoms with Crippen molar-refractivity contribution in [3.05, 3.63) is 289 Å². The number of rotatable bonds is 8. The first-order chi connectivity index (χ1) is 34.7. The van der Waals surface area contributed by atoms with E-state index in [9.17, 15) is 0 Å². The number of benzene rings is 11. The minimum absolute atomic E-state index is 0.517. The summed E-state index contributed by atoms with van der Waals surface area (Å²) in [6.45, 7) is 0. The van der Waals surface area contributed by atoms with Crippen LogP contribution < -0.4 is 4.90 Å². The maximum absolute atomic E-state index is 2.46. The van der Waals surface area contributed by atoms with Crippen molar-refractivity contribution in [3.63, 3.8) is 0 Å². The minimum Gasteiger partial charge on any atom is -0.310 e. The molecule has 0 saturated heterocycles. The lowest BCUT2D eigenvalue weighted by Crippen LogP contribution is -2.28. The molecule has 0 unspecified atom stereocenters. The molecule has 2 heterocycles. The summed E-state index contributed by atoms with van der Waals surface area (Å²) in [5.74, 6) is 0. The van der Waals surface area contributed by atoms with Crippen molar-refractivity contribution in [2.45, 2.75) is 5.41 Å². The van der Waals surface area contributed by atoms with Gasteiger partial charge in [0.25, 0.3) is 0 Å². The highest BCUT2D eigenvalue weighted by Gasteiger charge is 2.46. The highest BCUT2D eigenvalue weighted by Crippen LogP contribution is 2.57. The molecule has 0 saturated carbocycles. The molecular formula is C67H44N2S. The molecule has 0 bridgehead atoms. The van der Waals surface area contributed by atoms with Crippen molar-refractivity contribution < 1.29 is 0 Å². The lowest BCUT2D eigenvalue weighted by atomic mass is 9.67. The molecule has 1 aliphatic rings. The van der Waals surface area contributed by atoms with Gasteiger partial charge >= 0.3 is 0 Å². The van der Waals surface area contributed by atoms with Crippen molar-refractivity contribution in [1.29, 1.82) is 0 Å². The molecule has 13 aromatic rings. The van der Waals surface area contributed by atoms with Gasteiger partial charge in [-0.3, -0.25) is 0 Å². The van der Waals surface area contributed by atoms with Crippen molar-refractivity contribution in [1.82, 2.24) is 4.57 Å². The lowest BCUT2D eigenvalue weighted by Gasteiger charge is -2.35. The predicted octanol–water partition coefficient (Wildman–Crippen LogP) is 18.3. The zero-order chi connectivity index (χ0) is 46.2. The van der Waals surface area contributed by atoms with Gasteiger partial charge in [-0.25, -0.2) is 0 Å². The van der Waals surface area contributed by atoms with E-state index < -0.39 is 5.41 Å². The van der Waals surface area contributed by atoms with E-state index in [1.807, 2.05) is 11.3 Å². The summed E-state index contributed by atoms with van der Waals surface area (Å²) in [7, 11) is 0. The Morgan fingerprint density at radius 2 is 0.814 bits per heavy atom. The third-order valence-electron chi connectivity index (χ3n) is 14.7. The van der Waals surface area contributed by atoms with Gasteiger partial charge in [-0.2, -0.15) is 0 Å². The number of para-hydroxylation sites is 2. The molecule has 70 heavy (non-hydrogen) atoms. The minimum atomic E-state index is -0.517. The lowest BCUT2D eigenvalue weighted by molar-refractivity contribution is 0.768. The van der Waals surface area contributed by atoms with E-state index in [0.717, 1.165) is 22.7 Å². The van der Waals surface area contributed by atoms with Crippen LogP contribution in [-0.4, -0.2) is 4.57 Å². The van der Waals surface area contributed by atoms with Gasteiger partial charge in [-0.15, -0.1) is 11.3 Å². The van der Waals surface area contributed by atoms with Crippen LogP contribution in [0.25, 0.3) is 81.0 Å². The number of nitrogens with zero attached hydrogens (tertiary/aromatic N) is 2. The maximum atomic E-state index is 2.46. The number of hydrogen-bond acceptors (Lipinski definition) is 2. The molecule has 0 N–H and O–H groups in total. The van der Waals surface area contributed by atoms with Crippen molar-refractivity contribution in [3.8, 4) is 39.1 Å². The Bertz CT molecular complexity index is 4050. The number of thiophene rings is 1. The zero-order valence-corrected chi connectivity index (χ0v) is 39.0. The van der Waals surface area contributed by atoms with E-state index in [4.69, 9.17) is 0 Å². The second kappa shape index (κ2) is 16.2. The van der Waals surface area contributed by atoms with Gasteiger partial charge in [0.15, 0.2) is 0 Å². The standard InChI is InChI=1S/C67H44N2S/c1-4-16-49(17-5-1)67(50-18-6-2-7-19-50)61-25-13-10-22-55(61)56-39-38-54(44-62(56)67)68(53-36-30-46(31-37-53)48-33-41-66-60(43-48)58-24-12-15-27-65(58)70-66)52-34-28-45(29-35-52)47-32-40-64-59(42-47)57-23-11-14-26-63(57)69(64)51-20-8-3-9-21-51/h1-44H. The van der Waals surface area contributed by atoms with Crippen LogP contribution in [0.4, 0.5) is 17.1 Å². The normalized spacial score (nSPS) is 12.7. The zero-order valence-electron chi connectivity index (χ0n) is 38.2. The number of aromatic nitrogens is 1. The van der Waals surface area contributed by atoms with Gasteiger partial charge in [0.05, 0.1) is 16.4 Å². The fraction of sp³-hybridized carbons (Fsp3) is 0.0149. The summed E-state index contributed by atoms with van der Waals surface area (Å²) in [5.41, 5.74) is 18.7. The first-order valence-electron chi connectivity index (χ1n) is 24.1. The highest BCUT2D eigenvalue weighted by molar-refractivity contribution is 7.25. The van der Waals surface area contributed by atoms with Crippen LogP contribution >= 0.6 is 11.3 Å². The third-order valence-corrected chi connectivity index (χ3v) is 15.8. The van der Waals surface area contributed by atoms with Gasteiger partial charge in [0.2, 0.25) is 0 Å². The van der Waals surface area contributed by atoms with Gasteiger partial charge in [-0.05, 0) is 141 Å². The molecule has 14 rings (SSSR count). The Hall–Kier alpha value is -8.76. The highest BCUT2D eigenvalue weighted by atomic mass is 32.1. The van der Waals surface area contributed by atoms with Gasteiger partial charge in [0.1, 0.15) is 0 Å². The third kappa shape index (κ3) is 6.25. The first kappa shape index (κ1) is 40.3. The van der Waals surface area contributed by atoms with Gasteiger partial charge < -0.3 is 9.47 Å². The second-order valence-electron chi connectivity index (χ2n) is 18.4. The van der Waals surface area contributed by atoms with E-state index in [1.54, 1.807) is 0 Å². The molecule has 0 aliphatic heterocycles. The Morgan fingerprint density at radius 3 is 1.51 bits per heavy atom. The fourth-order valence-corrected chi connectivity index (χ4v) is 12.6. The van der Waals surface area contributed by atoms with E-state index in [-0.39, 0.29) is 0 Å². The van der Waals surface area contributed by atoms with Crippen LogP contribution in [0.1, 0.15) is 22.3 Å². The van der Waals surface area contributed by atoms with Crippen LogP contribution in [0.5, 0.6) is 0 Å². The van der Waals surface area contributed by atoms with Crippen LogP contribution in [0.2, 0.25) is 0 Å². The largest absolute Gasteiger partial charge is 0.310 e. The predicted molar refractivity (Wildman–Crippen MR) is 297 cm³/mol. The average Bonchev–Trinajstić information content (AvgIpc) is 4.08. The van der Waals surface area contributed by atoms with Gasteiger partial charge in [0, 0.05) is 53.7 Å². The SMILES string of the molecule is c1ccc(-n2c3ccccc3c3cc(-c4ccc(N(c5ccc(-c6ccc7sc8ccccc8c7c6)cc5)c5ccc6c(c5)C(c5ccccc5)(c5ccccc5)c5ccccc5-6)cc4)ccc32)cc1. The van der Waals surface area contributed by atoms with E-state index in [0.29, 0.717) is 0 Å². The number of fused-ring (bicyclic) bond motifs is 9. The summed E-state index contributed by atoms with van der Waals surface area (Å²) in [4.78, 5) is 2.43. The molecule has 0 atom stereocenters. The van der Waals surface area contributed by atoms with Gasteiger partial charge in [-0.1, -0.05) is 182 Å². The summed E-state index contributed by atoms with van der Waals surface area (Å²) < 4.78 is 5.02. The molecule has 3 heteroatoms. The molecule has 0 radical (unpaired) electrons. The van der Waals surface area contributed by atoms with Crippen molar-refractivity contribution >= 4 is 70.4 Å². The molecule has 11 aromatic carbocycles. The Morgan fingerprint density at radius 1 is 0.314 bits per heavy atom. The molecule has 2 aromatic heterocycles. The van der Waals surface area contributed by atoms with Crippen LogP contribution in [0.15, 0.2) is 267 Å². The van der Waals surface area contributed by atoms with Crippen LogP contribution in [-0.2, 0) is 5.41 Å². The summed E-state index contributed by atoms with van der Waals surface area (Å²) in [6.07, 6.45) is 0. The summed E-state index contributed by atoms with van der Waals surface area (Å²) in [6, 6.07) is 98.6. The fourth-order valence-electron chi connectivity index (χ4n) is 11.5. The monoisotopic (exact) mass is 908 g/mol. The smallest absolute Gasteiger partial charge is 0.0714 e. The Kier molecular flexibility index (Phi) is 9.33. The van der Waals surface area contributed by atoms with Crippen molar-refractivity contribution in [2.75, 3.05) is 4.90 Å². The molecular weight excluding hydrogens is 865 g/mol. The topological polar surface area (TPSA) is 8.17 Å². The van der Waals surface area contributed by atoms with E-state index in [1.165, 1.54) is 97.6 Å². The summed E-state index contributed by atoms with van der Waals surface area (Å²) >= 11 is 1.86. The average molecular weight is 909 g/mol. The first-order valence-corrected chi connectivity index (χ1v) is 24.9. The van der Waals surface area contributed by atoms with Crippen molar-refractivity contribution in [2.24, 2.45) is 0 Å². The quantitative estimate of drug-likeness (QED) is 0.147. The molecule has 1 aliphatic carbocycles. The molecule has 0 amide bonds.